The smallest absolute Gasteiger partial charge is 0.259 e. The van der Waals surface area contributed by atoms with Gasteiger partial charge in [0.2, 0.25) is 5.13 Å². The highest BCUT2D eigenvalue weighted by Gasteiger charge is 2.13. The average molecular weight is 269 g/mol. The maximum Gasteiger partial charge on any atom is 0.259 e. The molecule has 0 saturated carbocycles. The van der Waals surface area contributed by atoms with Crippen LogP contribution in [0.25, 0.3) is 0 Å². The second-order valence-electron chi connectivity index (χ2n) is 3.30. The number of aromatic nitrogens is 2. The molecule has 0 spiro atoms. The van der Waals surface area contributed by atoms with Gasteiger partial charge in [-0.25, -0.2) is 4.98 Å². The fraction of sp³-hybridized carbons (Fsp3) is 0.100. The fourth-order valence-corrected chi connectivity index (χ4v) is 1.99. The van der Waals surface area contributed by atoms with E-state index < -0.39 is 0 Å². The van der Waals surface area contributed by atoms with Crippen LogP contribution in [0, 0.1) is 6.92 Å². The van der Waals surface area contributed by atoms with Crippen LogP contribution in [-0.4, -0.2) is 15.3 Å². The summed E-state index contributed by atoms with van der Waals surface area (Å²) in [6, 6.07) is 4.90. The highest BCUT2D eigenvalue weighted by Crippen LogP contribution is 2.23. The second-order valence-corrected chi connectivity index (χ2v) is 4.46. The zero-order valence-corrected chi connectivity index (χ0v) is 10.5. The summed E-state index contributed by atoms with van der Waals surface area (Å²) in [5.41, 5.74) is 6.30. The zero-order valence-electron chi connectivity index (χ0n) is 8.90. The van der Waals surface area contributed by atoms with E-state index in [0.29, 0.717) is 21.5 Å². The molecule has 17 heavy (non-hydrogen) atoms. The van der Waals surface area contributed by atoms with E-state index in [0.717, 1.165) is 11.5 Å². The maximum atomic E-state index is 11.9. The van der Waals surface area contributed by atoms with E-state index in [4.69, 9.17) is 17.3 Å². The predicted molar refractivity (Wildman–Crippen MR) is 68.5 cm³/mol. The van der Waals surface area contributed by atoms with Crippen LogP contribution in [0.2, 0.25) is 5.02 Å². The molecule has 0 atom stereocenters. The van der Waals surface area contributed by atoms with E-state index >= 15 is 0 Å². The molecule has 0 unspecified atom stereocenters. The summed E-state index contributed by atoms with van der Waals surface area (Å²) in [5.74, 6) is 0.269. The highest BCUT2D eigenvalue weighted by atomic mass is 35.5. The van der Waals surface area contributed by atoms with E-state index in [2.05, 4.69) is 14.7 Å². The summed E-state index contributed by atoms with van der Waals surface area (Å²) in [7, 11) is 0. The third-order valence-electron chi connectivity index (χ3n) is 2.05. The Hall–Kier alpha value is -1.66. The number of amides is 1. The van der Waals surface area contributed by atoms with Crippen molar-refractivity contribution in [2.45, 2.75) is 6.92 Å². The third-order valence-corrected chi connectivity index (χ3v) is 3.10. The molecule has 0 radical (unpaired) electrons. The summed E-state index contributed by atoms with van der Waals surface area (Å²) >= 11 is 6.95. The minimum Gasteiger partial charge on any atom is -0.397 e. The first-order chi connectivity index (χ1) is 8.08. The SMILES string of the molecule is Cc1nsc(NC(=O)c2cccc(Cl)c2N)n1. The van der Waals surface area contributed by atoms with Gasteiger partial charge in [0.05, 0.1) is 16.3 Å². The molecule has 3 N–H and O–H groups in total. The van der Waals surface area contributed by atoms with Crippen molar-refractivity contribution >= 4 is 39.9 Å². The number of aryl methyl sites for hydroxylation is 1. The van der Waals surface area contributed by atoms with Crippen molar-refractivity contribution in [1.82, 2.24) is 9.36 Å². The van der Waals surface area contributed by atoms with E-state index in [1.165, 1.54) is 0 Å². The molecule has 2 aromatic rings. The Morgan fingerprint density at radius 1 is 1.53 bits per heavy atom. The largest absolute Gasteiger partial charge is 0.397 e. The molecule has 0 aliphatic carbocycles. The Labute approximate surface area is 107 Å². The number of carbonyl (C=O) groups is 1. The van der Waals surface area contributed by atoms with Gasteiger partial charge in [-0.15, -0.1) is 0 Å². The van der Waals surface area contributed by atoms with Gasteiger partial charge in [0.15, 0.2) is 0 Å². The van der Waals surface area contributed by atoms with Gasteiger partial charge in [-0.05, 0) is 19.1 Å². The van der Waals surface area contributed by atoms with E-state index in [1.54, 1.807) is 25.1 Å². The van der Waals surface area contributed by atoms with Gasteiger partial charge < -0.3 is 5.73 Å². The van der Waals surface area contributed by atoms with Gasteiger partial charge in [-0.1, -0.05) is 17.7 Å². The van der Waals surface area contributed by atoms with Crippen LogP contribution in [0.1, 0.15) is 16.2 Å². The number of para-hydroxylation sites is 1. The van der Waals surface area contributed by atoms with Gasteiger partial charge >= 0.3 is 0 Å². The second kappa shape index (κ2) is 4.68. The number of nitrogens with one attached hydrogen (secondary N) is 1. The average Bonchev–Trinajstić information content (AvgIpc) is 2.68. The molecule has 0 fully saturated rings. The third kappa shape index (κ3) is 2.54. The summed E-state index contributed by atoms with van der Waals surface area (Å²) in [6.07, 6.45) is 0. The Balaban J connectivity index is 2.23. The molecular formula is C10H9ClN4OS. The van der Waals surface area contributed by atoms with Gasteiger partial charge in [0.25, 0.3) is 5.91 Å². The van der Waals surface area contributed by atoms with Gasteiger partial charge in [0.1, 0.15) is 5.82 Å². The number of halogens is 1. The number of rotatable bonds is 2. The van der Waals surface area contributed by atoms with Crippen LogP contribution in [-0.2, 0) is 0 Å². The van der Waals surface area contributed by atoms with Crippen molar-refractivity contribution in [2.24, 2.45) is 0 Å². The Bertz CT molecular complexity index is 569. The number of nitrogens with two attached hydrogens (primary N) is 1. The predicted octanol–water partition coefficient (Wildman–Crippen LogP) is 2.33. The number of hydrogen-bond acceptors (Lipinski definition) is 5. The molecule has 0 aliphatic heterocycles. The lowest BCUT2D eigenvalue weighted by molar-refractivity contribution is 0.102. The molecule has 5 nitrogen and oxygen atoms in total. The molecule has 1 amide bonds. The molecule has 88 valence electrons. The first-order valence-electron chi connectivity index (χ1n) is 4.73. The van der Waals surface area contributed by atoms with Crippen molar-refractivity contribution in [2.75, 3.05) is 11.1 Å². The Morgan fingerprint density at radius 2 is 2.29 bits per heavy atom. The number of benzene rings is 1. The lowest BCUT2D eigenvalue weighted by Crippen LogP contribution is -2.14. The van der Waals surface area contributed by atoms with E-state index in [-0.39, 0.29) is 11.6 Å². The summed E-state index contributed by atoms with van der Waals surface area (Å²) < 4.78 is 3.96. The molecule has 1 aromatic heterocycles. The van der Waals surface area contributed by atoms with Crippen LogP contribution in [0.15, 0.2) is 18.2 Å². The highest BCUT2D eigenvalue weighted by molar-refractivity contribution is 7.09. The van der Waals surface area contributed by atoms with E-state index in [1.807, 2.05) is 0 Å². The fourth-order valence-electron chi connectivity index (χ4n) is 1.25. The molecule has 0 aliphatic rings. The van der Waals surface area contributed by atoms with E-state index in [9.17, 15) is 4.79 Å². The van der Waals surface area contributed by atoms with Gasteiger partial charge in [0, 0.05) is 11.5 Å². The lowest BCUT2D eigenvalue weighted by Gasteiger charge is -2.05. The normalized spacial score (nSPS) is 10.2. The van der Waals surface area contributed by atoms with Crippen molar-refractivity contribution in [3.05, 3.63) is 34.6 Å². The van der Waals surface area contributed by atoms with Crippen LogP contribution >= 0.6 is 23.1 Å². The molecule has 2 rings (SSSR count). The first kappa shape index (κ1) is 11.8. The van der Waals surface area contributed by atoms with Crippen LogP contribution < -0.4 is 11.1 Å². The van der Waals surface area contributed by atoms with Crippen molar-refractivity contribution in [1.29, 1.82) is 0 Å². The standard InChI is InChI=1S/C10H9ClN4OS/c1-5-13-10(17-15-5)14-9(16)6-3-2-4-7(11)8(6)12/h2-4H,12H2,1H3,(H,13,14,15,16). The van der Waals surface area contributed by atoms with Crippen molar-refractivity contribution < 1.29 is 4.79 Å². The van der Waals surface area contributed by atoms with Gasteiger partial charge in [-0.2, -0.15) is 4.37 Å². The summed E-state index contributed by atoms with van der Waals surface area (Å²) in [4.78, 5) is 15.9. The topological polar surface area (TPSA) is 80.9 Å². The summed E-state index contributed by atoms with van der Waals surface area (Å²) in [6.45, 7) is 1.75. The number of nitrogen functional groups attached to an aromatic ring is 1. The number of anilines is 2. The summed E-state index contributed by atoms with van der Waals surface area (Å²) in [5, 5.41) is 3.40. The number of carbonyl (C=O) groups excluding carboxylic acids is 1. The molecule has 7 heteroatoms. The molecule has 0 saturated heterocycles. The van der Waals surface area contributed by atoms with Crippen molar-refractivity contribution in [3.63, 3.8) is 0 Å². The van der Waals surface area contributed by atoms with Gasteiger partial charge in [-0.3, -0.25) is 10.1 Å². The van der Waals surface area contributed by atoms with Crippen molar-refractivity contribution in [3.8, 4) is 0 Å². The quantitative estimate of drug-likeness (QED) is 0.819. The zero-order chi connectivity index (χ0) is 12.4. The lowest BCUT2D eigenvalue weighted by atomic mass is 10.1. The van der Waals surface area contributed by atoms with Crippen LogP contribution in [0.4, 0.5) is 10.8 Å². The van der Waals surface area contributed by atoms with Crippen LogP contribution in [0.3, 0.4) is 0 Å². The number of hydrogen-bond donors (Lipinski definition) is 2. The minimum atomic E-state index is -0.346. The number of nitrogens with zero attached hydrogens (tertiary/aromatic N) is 2. The first-order valence-corrected chi connectivity index (χ1v) is 5.88. The molecule has 0 bridgehead atoms. The van der Waals surface area contributed by atoms with Crippen LogP contribution in [0.5, 0.6) is 0 Å². The monoisotopic (exact) mass is 268 g/mol. The molecule has 1 aromatic carbocycles. The maximum absolute atomic E-state index is 11.9. The Morgan fingerprint density at radius 3 is 2.94 bits per heavy atom. The molecule has 1 heterocycles. The molecular weight excluding hydrogens is 260 g/mol. The minimum absolute atomic E-state index is 0.257. The Kier molecular flexibility index (Phi) is 3.26.